The first-order valence-electron chi connectivity index (χ1n) is 11.4. The molecule has 5 rings (SSSR count). The van der Waals surface area contributed by atoms with Gasteiger partial charge >= 0.3 is 0 Å². The Bertz CT molecular complexity index is 1310. The minimum atomic E-state index is -0.846. The number of carbonyl (C=O) groups excluding carboxylic acids is 1. The van der Waals surface area contributed by atoms with Crippen LogP contribution in [0.2, 0.25) is 0 Å². The number of amides is 1. The van der Waals surface area contributed by atoms with Gasteiger partial charge in [-0.3, -0.25) is 14.6 Å². The third-order valence-corrected chi connectivity index (χ3v) is 6.05. The zero-order chi connectivity index (χ0) is 24.4. The van der Waals surface area contributed by atoms with E-state index in [4.69, 9.17) is 9.15 Å². The van der Waals surface area contributed by atoms with Gasteiger partial charge in [0.05, 0.1) is 29.6 Å². The molecule has 0 aliphatic heterocycles. The quantitative estimate of drug-likeness (QED) is 0.360. The van der Waals surface area contributed by atoms with Crippen LogP contribution in [0, 0.1) is 11.8 Å². The van der Waals surface area contributed by atoms with Crippen molar-refractivity contribution in [2.45, 2.75) is 44.8 Å². The number of nitrogens with one attached hydrogen (secondary N) is 2. The first-order valence-corrected chi connectivity index (χ1v) is 11.4. The molecular weight excluding hydrogens is 458 g/mol. The summed E-state index contributed by atoms with van der Waals surface area (Å²) in [5, 5.41) is 13.8. The van der Waals surface area contributed by atoms with E-state index in [9.17, 15) is 13.6 Å². The molecule has 1 saturated carbocycles. The predicted octanol–water partition coefficient (Wildman–Crippen LogP) is 4.98. The maximum Gasteiger partial charge on any atom is 0.291 e. The van der Waals surface area contributed by atoms with Crippen LogP contribution in [-0.2, 0) is 4.74 Å². The van der Waals surface area contributed by atoms with Crippen molar-refractivity contribution in [3.05, 3.63) is 60.4 Å². The zero-order valence-electron chi connectivity index (χ0n) is 19.0. The molecule has 4 heterocycles. The van der Waals surface area contributed by atoms with Crippen LogP contribution < -0.4 is 5.32 Å². The normalized spacial score (nSPS) is 18.0. The van der Waals surface area contributed by atoms with Gasteiger partial charge in [0, 0.05) is 19.0 Å². The first kappa shape index (κ1) is 22.9. The van der Waals surface area contributed by atoms with Gasteiger partial charge in [0.1, 0.15) is 17.1 Å². The monoisotopic (exact) mass is 482 g/mol. The number of rotatable bonds is 7. The predicted molar refractivity (Wildman–Crippen MR) is 123 cm³/mol. The fraction of sp³-hybridized carbons (Fsp3) is 0.333. The summed E-state index contributed by atoms with van der Waals surface area (Å²) in [7, 11) is 0. The van der Waals surface area contributed by atoms with E-state index in [0.29, 0.717) is 17.9 Å². The second-order valence-corrected chi connectivity index (χ2v) is 8.33. The molecule has 0 radical (unpaired) electrons. The highest BCUT2D eigenvalue weighted by atomic mass is 19.1. The minimum Gasteiger partial charge on any atom is -0.451 e. The van der Waals surface area contributed by atoms with Crippen LogP contribution in [0.1, 0.15) is 49.2 Å². The number of aromatic amines is 1. The third kappa shape index (κ3) is 4.85. The summed E-state index contributed by atoms with van der Waals surface area (Å²) in [5.74, 6) is -1.64. The highest BCUT2D eigenvalue weighted by Crippen LogP contribution is 2.34. The van der Waals surface area contributed by atoms with E-state index in [1.54, 1.807) is 29.3 Å². The van der Waals surface area contributed by atoms with Crippen LogP contribution in [0.4, 0.5) is 14.5 Å². The highest BCUT2D eigenvalue weighted by molar-refractivity contribution is 6.04. The van der Waals surface area contributed by atoms with Crippen LogP contribution >= 0.6 is 0 Å². The van der Waals surface area contributed by atoms with Crippen molar-refractivity contribution in [2.24, 2.45) is 0 Å². The molecule has 0 saturated heterocycles. The van der Waals surface area contributed by atoms with E-state index in [0.717, 1.165) is 37.8 Å². The fourth-order valence-electron chi connectivity index (χ4n) is 4.33. The molecule has 1 aliphatic carbocycles. The molecule has 0 aromatic carbocycles. The summed E-state index contributed by atoms with van der Waals surface area (Å²) in [6, 6.07) is 5.12. The van der Waals surface area contributed by atoms with Crippen molar-refractivity contribution in [3.63, 3.8) is 0 Å². The average molecular weight is 482 g/mol. The van der Waals surface area contributed by atoms with Crippen LogP contribution in [0.25, 0.3) is 22.7 Å². The van der Waals surface area contributed by atoms with Crippen molar-refractivity contribution in [3.8, 4) is 22.7 Å². The molecule has 4 aromatic heterocycles. The Hall–Kier alpha value is -3.86. The second-order valence-electron chi connectivity index (χ2n) is 8.33. The number of hydrogen-bond acceptors (Lipinski definition) is 6. The fourth-order valence-corrected chi connectivity index (χ4v) is 4.33. The molecule has 0 bridgehead atoms. The second kappa shape index (κ2) is 9.79. The van der Waals surface area contributed by atoms with Crippen molar-refractivity contribution in [2.75, 3.05) is 11.9 Å². The van der Waals surface area contributed by atoms with E-state index in [1.807, 2.05) is 6.92 Å². The topological polar surface area (TPSA) is 111 Å². The molecule has 182 valence electrons. The Balaban J connectivity index is 1.43. The third-order valence-electron chi connectivity index (χ3n) is 6.05. The lowest BCUT2D eigenvalue weighted by Crippen LogP contribution is -2.24. The van der Waals surface area contributed by atoms with Crippen LogP contribution in [0.3, 0.4) is 0 Å². The van der Waals surface area contributed by atoms with Crippen molar-refractivity contribution in [1.82, 2.24) is 25.0 Å². The largest absolute Gasteiger partial charge is 0.451 e. The molecule has 0 unspecified atom stereocenters. The Morgan fingerprint density at radius 3 is 2.77 bits per heavy atom. The van der Waals surface area contributed by atoms with Gasteiger partial charge in [-0.25, -0.2) is 9.37 Å². The standard InChI is InChI=1S/C24H24F2N6O3/c1-2-34-16-5-3-15(4-6-16)32-13-18(23(31-32)22-17(25)7-10-21(26)30-22)29-24(33)20-9-8-19(35-20)14-11-27-28-12-14/h7-13,15-16H,2-6H2,1H3,(H,27,28)(H,29,33). The zero-order valence-corrected chi connectivity index (χ0v) is 19.0. The molecule has 35 heavy (non-hydrogen) atoms. The van der Waals surface area contributed by atoms with E-state index >= 15 is 0 Å². The van der Waals surface area contributed by atoms with Crippen molar-refractivity contribution >= 4 is 11.6 Å². The number of H-pyrrole nitrogens is 1. The van der Waals surface area contributed by atoms with E-state index in [-0.39, 0.29) is 35.0 Å². The summed E-state index contributed by atoms with van der Waals surface area (Å²) in [5.41, 5.74) is 0.663. The highest BCUT2D eigenvalue weighted by Gasteiger charge is 2.27. The van der Waals surface area contributed by atoms with Gasteiger partial charge < -0.3 is 14.5 Å². The van der Waals surface area contributed by atoms with Crippen LogP contribution in [-0.4, -0.2) is 43.6 Å². The summed E-state index contributed by atoms with van der Waals surface area (Å²) in [6.45, 7) is 2.63. The Morgan fingerprint density at radius 2 is 2.03 bits per heavy atom. The Labute approximate surface area is 199 Å². The van der Waals surface area contributed by atoms with Crippen LogP contribution in [0.15, 0.2) is 47.3 Å². The summed E-state index contributed by atoms with van der Waals surface area (Å²) in [4.78, 5) is 16.7. The summed E-state index contributed by atoms with van der Waals surface area (Å²) < 4.78 is 41.5. The molecule has 1 fully saturated rings. The SMILES string of the molecule is CCOC1CCC(n2cc(NC(=O)c3ccc(-c4cn[nH]c4)o3)c(-c3nc(F)ccc3F)n2)CC1. The van der Waals surface area contributed by atoms with Crippen LogP contribution in [0.5, 0.6) is 0 Å². The molecule has 11 heteroatoms. The van der Waals surface area contributed by atoms with E-state index in [2.05, 4.69) is 25.6 Å². The van der Waals surface area contributed by atoms with Gasteiger partial charge in [-0.1, -0.05) is 0 Å². The average Bonchev–Trinajstić information content (AvgIpc) is 3.62. The smallest absolute Gasteiger partial charge is 0.291 e. The lowest BCUT2D eigenvalue weighted by atomic mass is 9.93. The molecule has 0 spiro atoms. The molecule has 1 amide bonds. The molecule has 0 atom stereocenters. The molecule has 2 N–H and O–H groups in total. The lowest BCUT2D eigenvalue weighted by molar-refractivity contribution is 0.0260. The molecule has 9 nitrogen and oxygen atoms in total. The number of furan rings is 1. The Kier molecular flexibility index (Phi) is 6.41. The Morgan fingerprint density at radius 1 is 1.20 bits per heavy atom. The maximum absolute atomic E-state index is 14.6. The van der Waals surface area contributed by atoms with Crippen molar-refractivity contribution < 1.29 is 22.7 Å². The molecule has 4 aromatic rings. The minimum absolute atomic E-state index is 0.0315. The number of aromatic nitrogens is 5. The van der Waals surface area contributed by atoms with Gasteiger partial charge in [0.15, 0.2) is 11.6 Å². The summed E-state index contributed by atoms with van der Waals surface area (Å²) in [6.07, 6.45) is 8.40. The van der Waals surface area contributed by atoms with Gasteiger partial charge in [-0.15, -0.1) is 0 Å². The van der Waals surface area contributed by atoms with Crippen molar-refractivity contribution in [1.29, 1.82) is 0 Å². The number of halogens is 2. The lowest BCUT2D eigenvalue weighted by Gasteiger charge is -2.28. The summed E-state index contributed by atoms with van der Waals surface area (Å²) >= 11 is 0. The van der Waals surface area contributed by atoms with Gasteiger partial charge in [-0.05, 0) is 56.9 Å². The number of nitrogens with zero attached hydrogens (tertiary/aromatic N) is 4. The van der Waals surface area contributed by atoms with E-state index < -0.39 is 17.7 Å². The van der Waals surface area contributed by atoms with Gasteiger partial charge in [-0.2, -0.15) is 14.6 Å². The molecular formula is C24H24F2N6O3. The number of carbonyl (C=O) groups is 1. The number of pyridine rings is 1. The van der Waals surface area contributed by atoms with Gasteiger partial charge in [0.2, 0.25) is 5.95 Å². The van der Waals surface area contributed by atoms with E-state index in [1.165, 1.54) is 6.07 Å². The number of hydrogen-bond donors (Lipinski definition) is 2. The number of ether oxygens (including phenoxy) is 1. The number of anilines is 1. The van der Waals surface area contributed by atoms with Gasteiger partial charge in [0.25, 0.3) is 5.91 Å². The molecule has 1 aliphatic rings. The maximum atomic E-state index is 14.6. The first-order chi connectivity index (χ1) is 17.0.